The van der Waals surface area contributed by atoms with Crippen molar-refractivity contribution in [3.05, 3.63) is 29.8 Å². The third-order valence-electron chi connectivity index (χ3n) is 2.00. The summed E-state index contributed by atoms with van der Waals surface area (Å²) in [5.41, 5.74) is 11.7. The molecule has 0 spiro atoms. The summed E-state index contributed by atoms with van der Waals surface area (Å²) in [5, 5.41) is 6.94. The van der Waals surface area contributed by atoms with Crippen LogP contribution in [0.4, 0.5) is 0 Å². The monoisotopic (exact) mass is 222 g/mol. The second kappa shape index (κ2) is 6.68. The molecule has 0 bridgehead atoms. The molecular weight excluding hydrogens is 204 g/mol. The van der Waals surface area contributed by atoms with Crippen molar-refractivity contribution in [3.63, 3.8) is 0 Å². The van der Waals surface area contributed by atoms with Gasteiger partial charge < -0.3 is 10.5 Å². The van der Waals surface area contributed by atoms with Crippen molar-refractivity contribution in [2.75, 3.05) is 13.2 Å². The highest BCUT2D eigenvalue weighted by Crippen LogP contribution is 2.11. The predicted octanol–water partition coefficient (Wildman–Crippen LogP) is 0.615. The summed E-state index contributed by atoms with van der Waals surface area (Å²) in [6, 6.07) is 7.97. The lowest BCUT2D eigenvalue weighted by molar-refractivity contribution is 0.340. The van der Waals surface area contributed by atoms with E-state index in [2.05, 4.69) is 10.9 Å². The molecule has 5 heteroatoms. The van der Waals surface area contributed by atoms with E-state index in [0.29, 0.717) is 13.2 Å². The van der Waals surface area contributed by atoms with Crippen LogP contribution >= 0.6 is 0 Å². The number of nitrogens with two attached hydrogens (primary N) is 1. The minimum absolute atomic E-state index is 0.0771. The number of nitrogens with one attached hydrogen (secondary N) is 3. The highest BCUT2D eigenvalue weighted by atomic mass is 16.5. The number of ether oxygens (including phenoxy) is 1. The maximum absolute atomic E-state index is 6.94. The number of rotatable bonds is 6. The highest BCUT2D eigenvalue weighted by Gasteiger charge is 1.95. The molecule has 88 valence electrons. The van der Waals surface area contributed by atoms with Crippen LogP contribution in [0.2, 0.25) is 0 Å². The van der Waals surface area contributed by atoms with Crippen LogP contribution in [0.1, 0.15) is 12.5 Å². The van der Waals surface area contributed by atoms with Crippen molar-refractivity contribution in [2.45, 2.75) is 13.3 Å². The van der Waals surface area contributed by atoms with E-state index >= 15 is 0 Å². The maximum atomic E-state index is 6.94. The lowest BCUT2D eigenvalue weighted by Crippen LogP contribution is -2.42. The molecule has 0 saturated heterocycles. The van der Waals surface area contributed by atoms with Crippen LogP contribution in [0.3, 0.4) is 0 Å². The lowest BCUT2D eigenvalue weighted by atomic mass is 10.1. The molecule has 0 atom stereocenters. The van der Waals surface area contributed by atoms with Gasteiger partial charge in [0.25, 0.3) is 0 Å². The second-order valence-corrected chi connectivity index (χ2v) is 3.29. The molecule has 0 saturated carbocycles. The van der Waals surface area contributed by atoms with E-state index < -0.39 is 0 Å². The summed E-state index contributed by atoms with van der Waals surface area (Å²) in [5.74, 6) is 0.813. The van der Waals surface area contributed by atoms with Crippen LogP contribution in [0, 0.1) is 5.41 Å². The van der Waals surface area contributed by atoms with Gasteiger partial charge in [0.2, 0.25) is 0 Å². The fourth-order valence-corrected chi connectivity index (χ4v) is 1.28. The topological polar surface area (TPSA) is 83.2 Å². The van der Waals surface area contributed by atoms with E-state index in [0.717, 1.165) is 12.2 Å². The first-order valence-electron chi connectivity index (χ1n) is 5.27. The zero-order valence-electron chi connectivity index (χ0n) is 9.42. The van der Waals surface area contributed by atoms with Crippen LogP contribution in [-0.4, -0.2) is 19.1 Å². The number of benzene rings is 1. The molecule has 1 aromatic carbocycles. The third-order valence-corrected chi connectivity index (χ3v) is 2.00. The van der Waals surface area contributed by atoms with Gasteiger partial charge in [-0.05, 0) is 31.0 Å². The zero-order chi connectivity index (χ0) is 11.8. The molecule has 5 nitrogen and oxygen atoms in total. The Kier molecular flexibility index (Phi) is 5.15. The average molecular weight is 222 g/mol. The first kappa shape index (κ1) is 12.3. The van der Waals surface area contributed by atoms with E-state index in [1.807, 2.05) is 31.2 Å². The van der Waals surface area contributed by atoms with Gasteiger partial charge in [0.05, 0.1) is 6.61 Å². The Labute approximate surface area is 95.5 Å². The Bertz CT molecular complexity index is 323. The van der Waals surface area contributed by atoms with Gasteiger partial charge in [0.1, 0.15) is 5.75 Å². The van der Waals surface area contributed by atoms with Crippen molar-refractivity contribution in [2.24, 2.45) is 5.73 Å². The first-order chi connectivity index (χ1) is 7.72. The van der Waals surface area contributed by atoms with Crippen molar-refractivity contribution in [3.8, 4) is 5.75 Å². The summed E-state index contributed by atoms with van der Waals surface area (Å²) in [4.78, 5) is 0. The van der Waals surface area contributed by atoms with E-state index in [1.54, 1.807) is 0 Å². The van der Waals surface area contributed by atoms with Gasteiger partial charge >= 0.3 is 0 Å². The number of hydrogen-bond acceptors (Lipinski definition) is 3. The first-order valence-corrected chi connectivity index (χ1v) is 5.27. The van der Waals surface area contributed by atoms with Crippen molar-refractivity contribution < 1.29 is 4.74 Å². The van der Waals surface area contributed by atoms with Gasteiger partial charge in [-0.25, -0.2) is 5.43 Å². The Morgan fingerprint density at radius 1 is 1.38 bits per heavy atom. The fourth-order valence-electron chi connectivity index (χ4n) is 1.28. The Morgan fingerprint density at radius 2 is 2.06 bits per heavy atom. The third kappa shape index (κ3) is 4.65. The molecule has 0 unspecified atom stereocenters. The molecule has 0 aliphatic heterocycles. The summed E-state index contributed by atoms with van der Waals surface area (Å²) in [6.07, 6.45) is 0.868. The number of hydrazine groups is 1. The smallest absolute Gasteiger partial charge is 0.200 e. The summed E-state index contributed by atoms with van der Waals surface area (Å²) >= 11 is 0. The largest absolute Gasteiger partial charge is 0.494 e. The Balaban J connectivity index is 2.29. The maximum Gasteiger partial charge on any atom is 0.200 e. The van der Waals surface area contributed by atoms with Crippen LogP contribution in [0.25, 0.3) is 0 Å². The van der Waals surface area contributed by atoms with Crippen molar-refractivity contribution in [1.82, 2.24) is 10.9 Å². The molecule has 0 amide bonds. The van der Waals surface area contributed by atoms with Gasteiger partial charge in [-0.3, -0.25) is 10.8 Å². The van der Waals surface area contributed by atoms with Crippen molar-refractivity contribution >= 4 is 5.96 Å². The molecule has 16 heavy (non-hydrogen) atoms. The van der Waals surface area contributed by atoms with Gasteiger partial charge in [-0.1, -0.05) is 12.1 Å². The van der Waals surface area contributed by atoms with E-state index in [-0.39, 0.29) is 5.96 Å². The van der Waals surface area contributed by atoms with Crippen LogP contribution in [0.15, 0.2) is 24.3 Å². The Hall–Kier alpha value is -1.75. The second-order valence-electron chi connectivity index (χ2n) is 3.29. The minimum Gasteiger partial charge on any atom is -0.494 e. The molecule has 1 aromatic rings. The molecule has 0 aliphatic rings. The summed E-state index contributed by atoms with van der Waals surface area (Å²) in [6.45, 7) is 3.36. The van der Waals surface area contributed by atoms with E-state index in [1.165, 1.54) is 5.56 Å². The number of guanidine groups is 1. The molecular formula is C11H18N4O. The van der Waals surface area contributed by atoms with E-state index in [4.69, 9.17) is 15.9 Å². The molecule has 5 N–H and O–H groups in total. The molecule has 0 fully saturated rings. The molecule has 0 aliphatic carbocycles. The SMILES string of the molecule is CCOc1ccc(CCNNC(=N)N)cc1. The van der Waals surface area contributed by atoms with Gasteiger partial charge in [0.15, 0.2) is 5.96 Å². The fraction of sp³-hybridized carbons (Fsp3) is 0.364. The predicted molar refractivity (Wildman–Crippen MR) is 64.4 cm³/mol. The zero-order valence-corrected chi connectivity index (χ0v) is 9.42. The van der Waals surface area contributed by atoms with Gasteiger partial charge in [-0.2, -0.15) is 0 Å². The van der Waals surface area contributed by atoms with Gasteiger partial charge in [-0.15, -0.1) is 0 Å². The number of hydrogen-bond donors (Lipinski definition) is 4. The normalized spacial score (nSPS) is 9.81. The summed E-state index contributed by atoms with van der Waals surface area (Å²) in [7, 11) is 0. The van der Waals surface area contributed by atoms with Crippen LogP contribution < -0.4 is 21.3 Å². The molecule has 0 heterocycles. The van der Waals surface area contributed by atoms with Crippen molar-refractivity contribution in [1.29, 1.82) is 5.41 Å². The summed E-state index contributed by atoms with van der Waals surface area (Å²) < 4.78 is 5.35. The van der Waals surface area contributed by atoms with Crippen LogP contribution in [-0.2, 0) is 6.42 Å². The lowest BCUT2D eigenvalue weighted by Gasteiger charge is -2.07. The van der Waals surface area contributed by atoms with E-state index in [9.17, 15) is 0 Å². The Morgan fingerprint density at radius 3 is 2.62 bits per heavy atom. The highest BCUT2D eigenvalue weighted by molar-refractivity contribution is 5.73. The molecule has 0 aromatic heterocycles. The standard InChI is InChI=1S/C11H18N4O/c1-2-16-10-5-3-9(4-6-10)7-8-14-15-11(12)13/h3-6,14H,2,7-8H2,1H3,(H4,12,13,15). The molecule has 1 rings (SSSR count). The quantitative estimate of drug-likeness (QED) is 0.246. The molecule has 0 radical (unpaired) electrons. The van der Waals surface area contributed by atoms with Crippen LogP contribution in [0.5, 0.6) is 5.75 Å². The van der Waals surface area contributed by atoms with Gasteiger partial charge in [0, 0.05) is 6.54 Å². The minimum atomic E-state index is -0.0771. The average Bonchev–Trinajstić information content (AvgIpc) is 2.27.